The predicted octanol–water partition coefficient (Wildman–Crippen LogP) is 1.91. The molecule has 1 N–H and O–H groups in total. The van der Waals surface area contributed by atoms with E-state index < -0.39 is 0 Å². The zero-order valence-electron chi connectivity index (χ0n) is 16.6. The molecule has 1 fully saturated rings. The molecule has 0 saturated carbocycles. The Labute approximate surface area is 166 Å². The maximum Gasteiger partial charge on any atom is 0.226 e. The van der Waals surface area contributed by atoms with Gasteiger partial charge in [-0.25, -0.2) is 0 Å². The summed E-state index contributed by atoms with van der Waals surface area (Å²) in [6, 6.07) is 7.91. The number of carbonyl (C=O) groups excluding carboxylic acids is 1. The van der Waals surface area contributed by atoms with Crippen molar-refractivity contribution in [3.8, 4) is 5.75 Å². The number of aryl methyl sites for hydroxylation is 1. The Morgan fingerprint density at radius 2 is 2.14 bits per heavy atom. The van der Waals surface area contributed by atoms with Crippen molar-refractivity contribution in [3.05, 3.63) is 41.5 Å². The molecule has 1 atom stereocenters. The van der Waals surface area contributed by atoms with Crippen molar-refractivity contribution in [2.45, 2.75) is 45.1 Å². The minimum atomic E-state index is 0.163. The Morgan fingerprint density at radius 1 is 1.25 bits per heavy atom. The van der Waals surface area contributed by atoms with Crippen LogP contribution in [0.25, 0.3) is 0 Å². The molecule has 0 unspecified atom stereocenters. The van der Waals surface area contributed by atoms with Crippen molar-refractivity contribution >= 4 is 5.91 Å². The quantitative estimate of drug-likeness (QED) is 0.854. The smallest absolute Gasteiger partial charge is 0.226 e. The molecule has 2 aliphatic heterocycles. The van der Waals surface area contributed by atoms with Crippen molar-refractivity contribution in [1.29, 1.82) is 0 Å². The van der Waals surface area contributed by atoms with E-state index in [0.29, 0.717) is 13.0 Å². The normalized spacial score (nSPS) is 19.8. The highest BCUT2D eigenvalue weighted by molar-refractivity contribution is 5.76. The number of para-hydroxylation sites is 1. The van der Waals surface area contributed by atoms with E-state index in [1.54, 1.807) is 0 Å². The van der Waals surface area contributed by atoms with Crippen LogP contribution in [0.15, 0.2) is 24.3 Å². The van der Waals surface area contributed by atoms with Crippen LogP contribution in [0.5, 0.6) is 5.75 Å². The average Bonchev–Trinajstić information content (AvgIpc) is 2.98. The van der Waals surface area contributed by atoms with Crippen molar-refractivity contribution < 1.29 is 9.53 Å². The molecule has 28 heavy (non-hydrogen) atoms. The van der Waals surface area contributed by atoms with E-state index in [1.807, 2.05) is 36.1 Å². The van der Waals surface area contributed by atoms with Crippen LogP contribution < -0.4 is 10.1 Å². The number of amides is 1. The van der Waals surface area contributed by atoms with Crippen molar-refractivity contribution in [2.24, 2.45) is 0 Å². The summed E-state index contributed by atoms with van der Waals surface area (Å²) in [6.07, 6.45) is 3.39. The minimum Gasteiger partial charge on any atom is -0.493 e. The van der Waals surface area contributed by atoms with Crippen LogP contribution in [0, 0.1) is 6.92 Å². The predicted molar refractivity (Wildman–Crippen MR) is 106 cm³/mol. The number of fused-ring (bicyclic) bond motifs is 1. The van der Waals surface area contributed by atoms with Gasteiger partial charge in [-0.3, -0.25) is 4.79 Å². The Morgan fingerprint density at radius 3 is 3.04 bits per heavy atom. The van der Waals surface area contributed by atoms with E-state index in [-0.39, 0.29) is 11.8 Å². The topological polar surface area (TPSA) is 72.3 Å². The lowest BCUT2D eigenvalue weighted by molar-refractivity contribution is -0.133. The molecule has 1 aromatic carbocycles. The van der Waals surface area contributed by atoms with Gasteiger partial charge >= 0.3 is 0 Å². The lowest BCUT2D eigenvalue weighted by Gasteiger charge is -2.32. The number of carbonyl (C=O) groups is 1. The Kier molecular flexibility index (Phi) is 5.90. The van der Waals surface area contributed by atoms with Gasteiger partial charge in [0.1, 0.15) is 17.4 Å². The molecule has 1 aromatic heterocycles. The molecule has 7 nitrogen and oxygen atoms in total. The van der Waals surface area contributed by atoms with E-state index in [2.05, 4.69) is 20.1 Å². The van der Waals surface area contributed by atoms with Crippen molar-refractivity contribution in [2.75, 3.05) is 32.8 Å². The van der Waals surface area contributed by atoms with Crippen LogP contribution in [-0.2, 0) is 17.8 Å². The molecular formula is C21H29N5O2. The second-order valence-electron chi connectivity index (χ2n) is 7.67. The lowest BCUT2D eigenvalue weighted by Crippen LogP contribution is -2.40. The van der Waals surface area contributed by atoms with Gasteiger partial charge in [-0.05, 0) is 31.4 Å². The summed E-state index contributed by atoms with van der Waals surface area (Å²) in [6.45, 7) is 6.79. The largest absolute Gasteiger partial charge is 0.493 e. The first kappa shape index (κ1) is 18.9. The molecule has 0 radical (unpaired) electrons. The first-order chi connectivity index (χ1) is 13.7. The molecule has 0 aliphatic carbocycles. The maximum absolute atomic E-state index is 12.7. The summed E-state index contributed by atoms with van der Waals surface area (Å²) in [5.74, 6) is 3.40. The number of nitrogens with zero attached hydrogens (tertiary/aromatic N) is 4. The van der Waals surface area contributed by atoms with E-state index in [9.17, 15) is 4.79 Å². The molecule has 0 bridgehead atoms. The molecule has 2 aliphatic rings. The van der Waals surface area contributed by atoms with Crippen LogP contribution in [0.2, 0.25) is 0 Å². The number of likely N-dealkylation sites (tertiary alicyclic amines) is 1. The number of rotatable bonds is 5. The fourth-order valence-corrected chi connectivity index (χ4v) is 4.13. The first-order valence-electron chi connectivity index (χ1n) is 10.3. The Balaban J connectivity index is 1.34. The van der Waals surface area contributed by atoms with Gasteiger partial charge in [0.15, 0.2) is 0 Å². The van der Waals surface area contributed by atoms with E-state index in [0.717, 1.165) is 74.9 Å². The molecular weight excluding hydrogens is 354 g/mol. The van der Waals surface area contributed by atoms with Gasteiger partial charge < -0.3 is 19.5 Å². The third-order valence-electron chi connectivity index (χ3n) is 5.70. The van der Waals surface area contributed by atoms with Gasteiger partial charge in [-0.2, -0.15) is 0 Å². The number of piperidine rings is 1. The fraction of sp³-hybridized carbons (Fsp3) is 0.571. The number of ether oxygens (including phenoxy) is 1. The Bertz CT molecular complexity index is 819. The number of hydrogen-bond donors (Lipinski definition) is 1. The molecule has 1 amide bonds. The molecule has 0 spiro atoms. The third kappa shape index (κ3) is 4.19. The molecule has 4 rings (SSSR count). The summed E-state index contributed by atoms with van der Waals surface area (Å²) < 4.78 is 8.07. The summed E-state index contributed by atoms with van der Waals surface area (Å²) in [7, 11) is 0. The highest BCUT2D eigenvalue weighted by atomic mass is 16.5. The fourth-order valence-electron chi connectivity index (χ4n) is 4.13. The monoisotopic (exact) mass is 383 g/mol. The summed E-state index contributed by atoms with van der Waals surface area (Å²) in [4.78, 5) is 14.7. The van der Waals surface area contributed by atoms with Gasteiger partial charge in [0.2, 0.25) is 5.91 Å². The molecule has 150 valence electrons. The zero-order valence-corrected chi connectivity index (χ0v) is 16.6. The number of benzene rings is 1. The van der Waals surface area contributed by atoms with Crippen LogP contribution in [0.4, 0.5) is 0 Å². The Hall–Kier alpha value is -2.41. The van der Waals surface area contributed by atoms with Crippen LogP contribution in [-0.4, -0.2) is 58.4 Å². The van der Waals surface area contributed by atoms with E-state index in [4.69, 9.17) is 4.74 Å². The highest BCUT2D eigenvalue weighted by Crippen LogP contribution is 2.27. The zero-order chi connectivity index (χ0) is 19.3. The summed E-state index contributed by atoms with van der Waals surface area (Å²) in [5.41, 5.74) is 1.09. The first-order valence-corrected chi connectivity index (χ1v) is 10.3. The molecule has 3 heterocycles. The van der Waals surface area contributed by atoms with Gasteiger partial charge in [-0.15, -0.1) is 10.2 Å². The number of nitrogens with one attached hydrogen (secondary N) is 1. The maximum atomic E-state index is 12.7. The van der Waals surface area contributed by atoms with Crippen LogP contribution in [0.1, 0.15) is 42.4 Å². The highest BCUT2D eigenvalue weighted by Gasteiger charge is 2.29. The van der Waals surface area contributed by atoms with Crippen molar-refractivity contribution in [3.63, 3.8) is 0 Å². The SMILES string of the molecule is Cc1ccccc1OCCC(=O)N1CCC[C@@H](c2nnc3n2CCNCC3)C1. The number of hydrogen-bond acceptors (Lipinski definition) is 5. The van der Waals surface area contributed by atoms with Gasteiger partial charge in [-0.1, -0.05) is 18.2 Å². The van der Waals surface area contributed by atoms with Gasteiger partial charge in [0.25, 0.3) is 0 Å². The second kappa shape index (κ2) is 8.73. The third-order valence-corrected chi connectivity index (χ3v) is 5.70. The average molecular weight is 383 g/mol. The van der Waals surface area contributed by atoms with Crippen LogP contribution >= 0.6 is 0 Å². The summed E-state index contributed by atoms with van der Waals surface area (Å²) in [5, 5.41) is 12.3. The molecule has 1 saturated heterocycles. The van der Waals surface area contributed by atoms with Gasteiger partial charge in [0.05, 0.1) is 13.0 Å². The molecule has 2 aromatic rings. The lowest BCUT2D eigenvalue weighted by atomic mass is 9.96. The second-order valence-corrected chi connectivity index (χ2v) is 7.67. The number of aromatic nitrogens is 3. The van der Waals surface area contributed by atoms with Crippen molar-refractivity contribution in [1.82, 2.24) is 25.0 Å². The van der Waals surface area contributed by atoms with Crippen LogP contribution in [0.3, 0.4) is 0 Å². The molecule has 7 heteroatoms. The standard InChI is InChI=1S/C21H29N5O2/c1-16-5-2-3-7-18(16)28-14-9-20(27)25-12-4-6-17(15-25)21-24-23-19-8-10-22-11-13-26(19)21/h2-3,5,7,17,22H,4,6,8-15H2,1H3/t17-/m1/s1. The van der Waals surface area contributed by atoms with E-state index in [1.165, 1.54) is 0 Å². The minimum absolute atomic E-state index is 0.163. The summed E-state index contributed by atoms with van der Waals surface area (Å²) >= 11 is 0. The van der Waals surface area contributed by atoms with E-state index >= 15 is 0 Å². The van der Waals surface area contributed by atoms with Gasteiger partial charge in [0, 0.05) is 45.1 Å².